The second kappa shape index (κ2) is 3.40. The maximum absolute atomic E-state index is 12.7. The molecule has 0 aliphatic heterocycles. The summed E-state index contributed by atoms with van der Waals surface area (Å²) in [5.41, 5.74) is 0. The highest BCUT2D eigenvalue weighted by Crippen LogP contribution is 2.24. The second-order valence-electron chi connectivity index (χ2n) is 2.14. The molecule has 0 heterocycles. The van der Waals surface area contributed by atoms with Gasteiger partial charge in [-0.3, -0.25) is 0 Å². The van der Waals surface area contributed by atoms with Crippen molar-refractivity contribution in [2.75, 3.05) is 0 Å². The lowest BCUT2D eigenvalue weighted by atomic mass is 10.3. The average molecular weight is 247 g/mol. The first-order valence-corrected chi connectivity index (χ1v) is 5.60. The van der Waals surface area contributed by atoms with Crippen LogP contribution in [0, 0.1) is 11.6 Å². The highest BCUT2D eigenvalue weighted by atomic mass is 35.7. The van der Waals surface area contributed by atoms with E-state index < -0.39 is 30.6 Å². The van der Waals surface area contributed by atoms with Gasteiger partial charge in [-0.2, -0.15) is 0 Å². The Balaban J connectivity index is 3.47. The van der Waals surface area contributed by atoms with Gasteiger partial charge in [-0.1, -0.05) is 11.6 Å². The summed E-state index contributed by atoms with van der Waals surface area (Å²) >= 11 is 5.11. The van der Waals surface area contributed by atoms with E-state index in [9.17, 15) is 17.2 Å². The van der Waals surface area contributed by atoms with Gasteiger partial charge in [0.05, 0.1) is 4.90 Å². The minimum absolute atomic E-state index is 0.549. The van der Waals surface area contributed by atoms with Gasteiger partial charge in [0.1, 0.15) is 16.7 Å². The lowest BCUT2D eigenvalue weighted by Crippen LogP contribution is -1.94. The zero-order valence-corrected chi connectivity index (χ0v) is 8.22. The molecule has 7 heteroatoms. The SMILES string of the molecule is O=S(=O)(Cl)c1cc(F)c(Cl)c(F)c1. The minimum Gasteiger partial charge on any atom is -0.207 e. The van der Waals surface area contributed by atoms with E-state index in [1.165, 1.54) is 0 Å². The summed E-state index contributed by atoms with van der Waals surface area (Å²) in [7, 11) is 0.720. The van der Waals surface area contributed by atoms with Gasteiger partial charge in [0.25, 0.3) is 9.05 Å². The number of rotatable bonds is 1. The smallest absolute Gasteiger partial charge is 0.207 e. The highest BCUT2D eigenvalue weighted by Gasteiger charge is 2.16. The van der Waals surface area contributed by atoms with Crippen LogP contribution in [0.3, 0.4) is 0 Å². The van der Waals surface area contributed by atoms with Crippen molar-refractivity contribution in [3.8, 4) is 0 Å². The first kappa shape index (κ1) is 10.7. The molecule has 1 rings (SSSR count). The summed E-state index contributed by atoms with van der Waals surface area (Å²) in [5.74, 6) is -2.33. The topological polar surface area (TPSA) is 34.1 Å². The molecule has 13 heavy (non-hydrogen) atoms. The molecule has 0 atom stereocenters. The monoisotopic (exact) mass is 246 g/mol. The van der Waals surface area contributed by atoms with Crippen molar-refractivity contribution in [2.45, 2.75) is 4.90 Å². The Morgan fingerprint density at radius 1 is 1.15 bits per heavy atom. The Kier molecular flexibility index (Phi) is 2.79. The molecule has 0 radical (unpaired) electrons. The third-order valence-corrected chi connectivity index (χ3v) is 2.93. The molecule has 0 unspecified atom stereocenters. The number of benzene rings is 1. The number of hydrogen-bond acceptors (Lipinski definition) is 2. The molecule has 0 fully saturated rings. The van der Waals surface area contributed by atoms with Crippen LogP contribution in [0.15, 0.2) is 17.0 Å². The van der Waals surface area contributed by atoms with Crippen LogP contribution < -0.4 is 0 Å². The Morgan fingerprint density at radius 2 is 1.54 bits per heavy atom. The molecule has 0 aromatic heterocycles. The van der Waals surface area contributed by atoms with Crippen molar-refractivity contribution in [3.05, 3.63) is 28.8 Å². The van der Waals surface area contributed by atoms with E-state index in [-0.39, 0.29) is 0 Å². The van der Waals surface area contributed by atoms with Crippen LogP contribution >= 0.6 is 22.3 Å². The standard InChI is InChI=1S/C6H2Cl2F2O2S/c7-6-4(9)1-3(2-5(6)10)13(8,11)12/h1-2H. The highest BCUT2D eigenvalue weighted by molar-refractivity contribution is 8.13. The van der Waals surface area contributed by atoms with E-state index in [0.717, 1.165) is 0 Å². The van der Waals surface area contributed by atoms with Crippen LogP contribution in [0.5, 0.6) is 0 Å². The predicted molar refractivity (Wildman–Crippen MR) is 44.4 cm³/mol. The van der Waals surface area contributed by atoms with Gasteiger partial charge in [0, 0.05) is 10.7 Å². The normalized spacial score (nSPS) is 11.7. The average Bonchev–Trinajstić information content (AvgIpc) is 1.97. The number of halogens is 4. The molecule has 72 valence electrons. The Morgan fingerprint density at radius 3 is 1.85 bits per heavy atom. The van der Waals surface area contributed by atoms with Gasteiger partial charge in [0.15, 0.2) is 0 Å². The van der Waals surface area contributed by atoms with Crippen molar-refractivity contribution in [3.63, 3.8) is 0 Å². The molecule has 0 saturated carbocycles. The summed E-state index contributed by atoms with van der Waals surface area (Å²) in [4.78, 5) is -0.659. The third-order valence-electron chi connectivity index (χ3n) is 1.24. The Bertz CT molecular complexity index is 421. The third kappa shape index (κ3) is 2.30. The van der Waals surface area contributed by atoms with Crippen LogP contribution in [0.25, 0.3) is 0 Å². The van der Waals surface area contributed by atoms with E-state index in [2.05, 4.69) is 0 Å². The molecule has 0 amide bonds. The molecule has 0 bridgehead atoms. The maximum Gasteiger partial charge on any atom is 0.261 e. The molecule has 0 aliphatic rings. The molecule has 0 saturated heterocycles. The molecule has 0 aliphatic carbocycles. The van der Waals surface area contributed by atoms with Gasteiger partial charge in [-0.15, -0.1) is 0 Å². The van der Waals surface area contributed by atoms with Crippen LogP contribution in [-0.2, 0) is 9.05 Å². The lowest BCUT2D eigenvalue weighted by molar-refractivity contribution is 0.571. The largest absolute Gasteiger partial charge is 0.261 e. The quantitative estimate of drug-likeness (QED) is 0.564. The Labute approximate surface area is 82.5 Å². The summed E-state index contributed by atoms with van der Waals surface area (Å²) in [6.45, 7) is 0. The maximum atomic E-state index is 12.7. The molecular formula is C6H2Cl2F2O2S. The summed E-state index contributed by atoms with van der Waals surface area (Å²) < 4.78 is 46.6. The summed E-state index contributed by atoms with van der Waals surface area (Å²) in [6.07, 6.45) is 0. The fourth-order valence-electron chi connectivity index (χ4n) is 0.673. The van der Waals surface area contributed by atoms with E-state index in [0.29, 0.717) is 12.1 Å². The van der Waals surface area contributed by atoms with Crippen LogP contribution in [0.2, 0.25) is 5.02 Å². The van der Waals surface area contributed by atoms with Crippen molar-refractivity contribution in [1.82, 2.24) is 0 Å². The number of hydrogen-bond donors (Lipinski definition) is 0. The van der Waals surface area contributed by atoms with Crippen molar-refractivity contribution < 1.29 is 17.2 Å². The first-order chi connectivity index (χ1) is 5.82. The van der Waals surface area contributed by atoms with Crippen LogP contribution in [0.4, 0.5) is 8.78 Å². The van der Waals surface area contributed by atoms with Gasteiger partial charge >= 0.3 is 0 Å². The van der Waals surface area contributed by atoms with Crippen LogP contribution in [0.1, 0.15) is 0 Å². The van der Waals surface area contributed by atoms with Gasteiger partial charge in [-0.05, 0) is 12.1 Å². The lowest BCUT2D eigenvalue weighted by Gasteiger charge is -1.99. The van der Waals surface area contributed by atoms with Gasteiger partial charge in [0.2, 0.25) is 0 Å². The van der Waals surface area contributed by atoms with Crippen molar-refractivity contribution in [2.24, 2.45) is 0 Å². The second-order valence-corrected chi connectivity index (χ2v) is 5.08. The first-order valence-electron chi connectivity index (χ1n) is 2.91. The van der Waals surface area contributed by atoms with Gasteiger partial charge in [-0.25, -0.2) is 17.2 Å². The fourth-order valence-corrected chi connectivity index (χ4v) is 1.54. The minimum atomic E-state index is -4.13. The zero-order valence-electron chi connectivity index (χ0n) is 5.89. The predicted octanol–water partition coefficient (Wildman–Crippen LogP) is 2.55. The van der Waals surface area contributed by atoms with Crippen molar-refractivity contribution in [1.29, 1.82) is 0 Å². The molecule has 0 N–H and O–H groups in total. The molecule has 1 aromatic carbocycles. The Hall–Kier alpha value is -0.390. The molecule has 2 nitrogen and oxygen atoms in total. The van der Waals surface area contributed by atoms with E-state index in [4.69, 9.17) is 22.3 Å². The molecule has 1 aromatic rings. The van der Waals surface area contributed by atoms with E-state index in [1.807, 2.05) is 0 Å². The zero-order chi connectivity index (χ0) is 10.2. The fraction of sp³-hybridized carbons (Fsp3) is 0. The molecular weight excluding hydrogens is 245 g/mol. The van der Waals surface area contributed by atoms with Gasteiger partial charge < -0.3 is 0 Å². The van der Waals surface area contributed by atoms with Crippen molar-refractivity contribution >= 4 is 31.3 Å². The van der Waals surface area contributed by atoms with E-state index in [1.54, 1.807) is 0 Å². The summed E-state index contributed by atoms with van der Waals surface area (Å²) in [6, 6.07) is 1.10. The van der Waals surface area contributed by atoms with Crippen LogP contribution in [-0.4, -0.2) is 8.42 Å². The van der Waals surface area contributed by atoms with E-state index >= 15 is 0 Å². The molecule has 0 spiro atoms. The summed E-state index contributed by atoms with van der Waals surface area (Å²) in [5, 5.41) is -0.760.